The molecule has 5 amide bonds. The molecule has 0 spiro atoms. The van der Waals surface area contributed by atoms with Gasteiger partial charge in [0.25, 0.3) is 30.1 Å². The summed E-state index contributed by atoms with van der Waals surface area (Å²) < 4.78 is 102. The number of aliphatic hydroxyl groups excluding tert-OH is 6. The molecule has 7 aliphatic rings. The van der Waals surface area contributed by atoms with Gasteiger partial charge in [-0.25, -0.2) is 59.4 Å². The molecule has 726 valence electrons. The molecule has 1 unspecified atom stereocenters. The first kappa shape index (κ1) is 111. The lowest BCUT2D eigenvalue weighted by Gasteiger charge is -2.37. The maximum Gasteiger partial charge on any atom is 0.408 e. The molecule has 4 aliphatic heterocycles. The van der Waals surface area contributed by atoms with Gasteiger partial charge in [0.2, 0.25) is 5.91 Å². The van der Waals surface area contributed by atoms with Crippen molar-refractivity contribution in [2.75, 3.05) is 26.2 Å². The Bertz CT molecular complexity index is 4100. The summed E-state index contributed by atoms with van der Waals surface area (Å²) in [5.41, 5.74) is 9.02. The summed E-state index contributed by atoms with van der Waals surface area (Å²) in [6, 6.07) is 10.7. The van der Waals surface area contributed by atoms with Crippen LogP contribution >= 0.6 is 0 Å². The number of carbonyl (C=O) groups is 5. The number of aliphatic hydroxyl groups is 6. The van der Waals surface area contributed by atoms with E-state index in [1.807, 2.05) is 48.5 Å². The Balaban J connectivity index is 0.000000283. The van der Waals surface area contributed by atoms with Gasteiger partial charge in [-0.3, -0.25) is 4.79 Å². The number of hydrogen-bond donors (Lipinski definition) is 14. The number of β-amino-alcohol motifs (C(OH)–C–C–N with tert-alkyl or cyclic N) is 4. The molecule has 4 saturated heterocycles. The molecule has 3 saturated carbocycles. The summed E-state index contributed by atoms with van der Waals surface area (Å²) in [6.07, 6.45) is 16.0. The van der Waals surface area contributed by atoms with Crippen molar-refractivity contribution in [2.45, 2.75) is 413 Å². The largest absolute Gasteiger partial charge is 0.444 e. The van der Waals surface area contributed by atoms with Gasteiger partial charge in [-0.2, -0.15) is 12.9 Å². The number of pyridine rings is 3. The minimum atomic E-state index is -3.92. The summed E-state index contributed by atoms with van der Waals surface area (Å²) in [5, 5.41) is 77.5. The standard InChI is InChI=1S/C27H44N4O6S.C17H27N3O5S.C13H25NO3.C12H19N3O3S.C12H24N2O3.C8H17NO/c1-19-12-13-20(22(32)18-31(19)38(35,36)23-11-7-10-16-28-23)29-24(33)21(30-25(34)37-26(2,3)4)17-27(5)14-8-6-9-15-27;1-12-8-9-13(19-16(22)25-17(2,3)4)14(21)11-20(12)26(23,24)15-7-5-6-10-18-15;1-9-5-7-10(11(15)8-6-9)14-12(16)17-13(2,3)4;1-9-5-6-10(13)11(16)8-15(9)19(17,18)12-4-2-3-7-14-12;1-8-5-6-9(10(15)7-13-8)14-11(16)17-12(2,3)4;1-6-2-4-7(9)8(10)5-3-6/h7,10-11,16,19-22,32H,6,8-9,12-15,17-18H2,1-5H3,(H,29,33)(H,30,34);5-7,10,12-14,21H,8-9,11H2,1-4H3,(H,19,22);9-11,15H,5-8H2,1-4H3,(H,14,16);2-4,7,9-11,16H,5-6,8,13H2,1H3;8-10,13,15H,5-7H2,1-4H3,(H,14,16);6-8,10H,2-5,9H2,1H3/t19-,20+,21?,22+;12-,13+,14+;2*9-,10+,11+;8-,9+,10+;6-,7+,8+/m111111/s1. The van der Waals surface area contributed by atoms with E-state index in [0.29, 0.717) is 63.5 Å². The molecule has 3 aliphatic carbocycles. The van der Waals surface area contributed by atoms with Crippen LogP contribution in [-0.4, -0.2) is 266 Å². The van der Waals surface area contributed by atoms with Crippen molar-refractivity contribution in [3.05, 3.63) is 73.2 Å². The van der Waals surface area contributed by atoms with Gasteiger partial charge in [-0.05, 0) is 286 Å². The van der Waals surface area contributed by atoms with Crippen LogP contribution in [0.5, 0.6) is 0 Å². The van der Waals surface area contributed by atoms with Crippen LogP contribution < -0.4 is 43.4 Å². The number of sulfonamides is 3. The van der Waals surface area contributed by atoms with Gasteiger partial charge < -0.3 is 93.0 Å². The molecule has 3 aromatic rings. The summed E-state index contributed by atoms with van der Waals surface area (Å²) in [4.78, 5) is 73.2. The third kappa shape index (κ3) is 39.0. The van der Waals surface area contributed by atoms with Crippen LogP contribution in [0.1, 0.15) is 273 Å². The first-order chi connectivity index (χ1) is 58.9. The molecule has 127 heavy (non-hydrogen) atoms. The third-order valence-corrected chi connectivity index (χ3v) is 29.1. The fourth-order valence-electron chi connectivity index (χ4n) is 15.9. The SMILES string of the molecule is C[C@@H]1CC[C@H](N)[C@@H](O)CC1.C[C@@H]1CC[C@H](N)[C@@H](O)CN1S(=O)(=O)c1ccccn1.C[C@@H]1CC[C@H](NC(=O)C(CC2(C)CCCCC2)NC(=O)OC(C)(C)C)[C@@H](O)CN1S(=O)(=O)c1ccccn1.C[C@@H]1CC[C@H](NC(=O)OC(C)(C)C)[C@@H](O)CC1.C[C@@H]1CC[C@H](NC(=O)OC(C)(C)C)[C@@H](O)CN1.C[C@@H]1CC[C@H](NC(=O)OC(C)(C)C)[C@@H](O)CN1S(=O)(=O)c1ccccn1. The van der Waals surface area contributed by atoms with Crippen molar-refractivity contribution in [1.29, 1.82) is 0 Å². The summed E-state index contributed by atoms with van der Waals surface area (Å²) in [7, 11) is -11.4. The molecule has 0 bridgehead atoms. The van der Waals surface area contributed by atoms with E-state index in [1.165, 1.54) is 56.1 Å². The van der Waals surface area contributed by atoms with Crippen molar-refractivity contribution in [2.24, 2.45) is 28.7 Å². The van der Waals surface area contributed by atoms with Gasteiger partial charge in [-0.15, -0.1) is 0 Å². The van der Waals surface area contributed by atoms with E-state index in [2.05, 4.69) is 74.5 Å². The lowest BCUT2D eigenvalue weighted by Crippen LogP contribution is -2.55. The van der Waals surface area contributed by atoms with Crippen molar-refractivity contribution < 1.29 is 98.8 Å². The van der Waals surface area contributed by atoms with Gasteiger partial charge in [0, 0.05) is 81.0 Å². The van der Waals surface area contributed by atoms with Crippen LogP contribution in [0.2, 0.25) is 0 Å². The molecular formula is C89H156N14O21S3. The molecule has 35 nitrogen and oxygen atoms in total. The Morgan fingerprint density at radius 1 is 0.425 bits per heavy atom. The highest BCUT2D eigenvalue weighted by molar-refractivity contribution is 7.89. The van der Waals surface area contributed by atoms with E-state index in [1.54, 1.807) is 91.8 Å². The van der Waals surface area contributed by atoms with Crippen molar-refractivity contribution in [3.8, 4) is 0 Å². The number of rotatable bonds is 14. The molecule has 16 N–H and O–H groups in total. The Kier molecular flexibility index (Phi) is 43.9. The number of amides is 5. The van der Waals surface area contributed by atoms with Gasteiger partial charge in [-0.1, -0.05) is 58.2 Å². The molecule has 38 heteroatoms. The molecule has 3 aromatic heterocycles. The van der Waals surface area contributed by atoms with E-state index in [-0.39, 0.29) is 82.5 Å². The molecule has 0 radical (unpaired) electrons. The second-order valence-corrected chi connectivity index (χ2v) is 45.3. The normalized spacial score (nSPS) is 28.9. The second-order valence-electron chi connectivity index (χ2n) is 39.8. The number of nitrogens with zero attached hydrogens (tertiary/aromatic N) is 6. The molecule has 10 rings (SSSR count). The summed E-state index contributed by atoms with van der Waals surface area (Å²) in [6.45, 7) is 35.7. The topological polar surface area (TPSA) is 519 Å². The lowest BCUT2D eigenvalue weighted by molar-refractivity contribution is -0.125. The number of aromatic nitrogens is 3. The van der Waals surface area contributed by atoms with Gasteiger partial charge in [0.05, 0.1) is 60.8 Å². The minimum Gasteiger partial charge on any atom is -0.444 e. The number of carbonyl (C=O) groups excluding carboxylic acids is 5. The Hall–Kier alpha value is -6.63. The average Bonchev–Trinajstić information content (AvgIpc) is 1.67. The smallest absolute Gasteiger partial charge is 0.408 e. The molecule has 7 fully saturated rings. The zero-order chi connectivity index (χ0) is 95.4. The monoisotopic (exact) mass is 1850 g/mol. The van der Waals surface area contributed by atoms with E-state index < -0.39 is 137 Å². The highest BCUT2D eigenvalue weighted by Crippen LogP contribution is 2.40. The minimum absolute atomic E-state index is 0.00419. The van der Waals surface area contributed by atoms with E-state index in [4.69, 9.17) is 30.4 Å². The van der Waals surface area contributed by atoms with Gasteiger partial charge >= 0.3 is 24.4 Å². The van der Waals surface area contributed by atoms with E-state index in [0.717, 1.165) is 95.8 Å². The van der Waals surface area contributed by atoms with Crippen LogP contribution in [0.25, 0.3) is 0 Å². The summed E-state index contributed by atoms with van der Waals surface area (Å²) in [5.74, 6) is 0.971. The van der Waals surface area contributed by atoms with Crippen molar-refractivity contribution in [3.63, 3.8) is 0 Å². The number of nitrogens with two attached hydrogens (primary N) is 2. The quantitative estimate of drug-likeness (QED) is 0.0528. The highest BCUT2D eigenvalue weighted by Gasteiger charge is 2.43. The fraction of sp³-hybridized carbons (Fsp3) is 0.775. The predicted molar refractivity (Wildman–Crippen MR) is 485 cm³/mol. The maximum absolute atomic E-state index is 13.5. The molecule has 19 atom stereocenters. The number of nitrogens with one attached hydrogen (secondary N) is 6. The van der Waals surface area contributed by atoms with Gasteiger partial charge in [0.1, 0.15) is 28.4 Å². The predicted octanol–water partition coefficient (Wildman–Crippen LogP) is 9.15. The third-order valence-electron chi connectivity index (χ3n) is 23.4. The Morgan fingerprint density at radius 3 is 1.15 bits per heavy atom. The number of hydrogen-bond acceptors (Lipinski definition) is 27. The van der Waals surface area contributed by atoms with E-state index in [9.17, 15) is 79.9 Å². The average molecular weight is 1850 g/mol. The van der Waals surface area contributed by atoms with Crippen LogP contribution in [0.15, 0.2) is 88.3 Å². The zero-order valence-electron chi connectivity index (χ0n) is 78.7. The van der Waals surface area contributed by atoms with Crippen LogP contribution in [-0.2, 0) is 53.8 Å². The lowest BCUT2D eigenvalue weighted by atomic mass is 9.71. The first-order valence-corrected chi connectivity index (χ1v) is 49.6. The highest BCUT2D eigenvalue weighted by atomic mass is 32.2. The number of alkyl carbamates (subject to hydrolysis) is 4. The second kappa shape index (κ2) is 50.3. The Morgan fingerprint density at radius 2 is 0.748 bits per heavy atom. The van der Waals surface area contributed by atoms with Crippen molar-refractivity contribution in [1.82, 2.24) is 59.8 Å². The van der Waals surface area contributed by atoms with Crippen LogP contribution in [0.4, 0.5) is 19.2 Å². The Labute approximate surface area is 756 Å². The molecule has 0 aromatic carbocycles. The first-order valence-electron chi connectivity index (χ1n) is 45.3. The van der Waals surface area contributed by atoms with Crippen molar-refractivity contribution >= 4 is 60.4 Å². The van der Waals surface area contributed by atoms with Gasteiger partial charge in [0.15, 0.2) is 15.1 Å². The van der Waals surface area contributed by atoms with Crippen LogP contribution in [0, 0.1) is 17.3 Å². The molecular weight excluding hydrogens is 1700 g/mol. The maximum atomic E-state index is 13.5. The number of ether oxygens (including phenoxy) is 4. The fourth-order valence-corrected chi connectivity index (χ4v) is 20.7. The molecule has 7 heterocycles. The van der Waals surface area contributed by atoms with Crippen LogP contribution in [0.3, 0.4) is 0 Å². The summed E-state index contributed by atoms with van der Waals surface area (Å²) >= 11 is 0. The zero-order valence-corrected chi connectivity index (χ0v) is 81.1. The van der Waals surface area contributed by atoms with E-state index >= 15 is 0 Å².